The molecule has 52 heavy (non-hydrogen) atoms. The van der Waals surface area contributed by atoms with Crippen molar-refractivity contribution in [2.45, 2.75) is 160 Å². The molecule has 0 radical (unpaired) electrons. The summed E-state index contributed by atoms with van der Waals surface area (Å²) in [4.78, 5) is 22.6. The molecule has 8 rings (SSSR count). The van der Waals surface area contributed by atoms with Gasteiger partial charge in [-0.1, -0.05) is 91.8 Å². The molecule has 5 aliphatic heterocycles. The summed E-state index contributed by atoms with van der Waals surface area (Å²) in [5, 5.41) is 0. The van der Waals surface area contributed by atoms with E-state index in [1.165, 1.54) is 37.1 Å². The number of ether oxygens (including phenoxy) is 2. The molecule has 0 N–H and O–H groups in total. The summed E-state index contributed by atoms with van der Waals surface area (Å²) in [6.45, 7) is 22.5. The number of rotatable bonds is 8. The minimum Gasteiger partial charge on any atom is -0.663 e. The fourth-order valence-electron chi connectivity index (χ4n) is 10.6. The van der Waals surface area contributed by atoms with Gasteiger partial charge in [0.15, 0.2) is 0 Å². The number of aliphatic imine (C=N–C) groups is 2. The molecule has 0 amide bonds. The van der Waals surface area contributed by atoms with Gasteiger partial charge in [0.25, 0.3) is 0 Å². The molecule has 2 saturated heterocycles. The van der Waals surface area contributed by atoms with Crippen molar-refractivity contribution in [1.29, 1.82) is 0 Å². The third-order valence-electron chi connectivity index (χ3n) is 14.2. The van der Waals surface area contributed by atoms with Gasteiger partial charge in [-0.15, -0.1) is 11.4 Å². The Labute approximate surface area is 339 Å². The van der Waals surface area contributed by atoms with Crippen molar-refractivity contribution in [3.05, 3.63) is 71.3 Å². The van der Waals surface area contributed by atoms with Crippen LogP contribution in [0.1, 0.15) is 155 Å². The minimum absolute atomic E-state index is 0. The second-order valence-corrected chi connectivity index (χ2v) is 15.4. The molecule has 7 heterocycles. The minimum atomic E-state index is -0.323. The van der Waals surface area contributed by atoms with Crippen LogP contribution < -0.4 is 47.7 Å². The largest absolute Gasteiger partial charge is 1.00 e. The number of hydrogen-bond acceptors (Lipinski definition) is 4. The van der Waals surface area contributed by atoms with E-state index in [0.717, 1.165) is 101 Å². The fraction of sp³-hybridized carbons (Fsp3) is 0.682. The van der Waals surface area contributed by atoms with Crippen LogP contribution in [-0.2, 0) is 25.7 Å². The van der Waals surface area contributed by atoms with Crippen LogP contribution in [0.15, 0.2) is 58.6 Å². The third-order valence-corrected chi connectivity index (χ3v) is 14.2. The zero-order valence-electron chi connectivity index (χ0n) is 34.5. The number of aromatic nitrogens is 2. The Hall–Kier alpha value is -1.51. The maximum atomic E-state index is 5.78. The normalized spacial score (nSPS) is 27.2. The Bertz CT molecular complexity index is 1470. The van der Waals surface area contributed by atoms with Gasteiger partial charge >= 0.3 is 37.7 Å². The van der Waals surface area contributed by atoms with E-state index in [2.05, 4.69) is 104 Å². The van der Waals surface area contributed by atoms with Crippen molar-refractivity contribution in [1.82, 2.24) is 9.97 Å². The van der Waals surface area contributed by atoms with Gasteiger partial charge in [0.1, 0.15) is 11.1 Å². The van der Waals surface area contributed by atoms with Gasteiger partial charge in [-0.05, 0) is 94.6 Å². The first kappa shape index (κ1) is 43.2. The van der Waals surface area contributed by atoms with E-state index in [0.29, 0.717) is 0 Å². The number of fused-ring (bicyclic) bond motifs is 4. The zero-order chi connectivity index (χ0) is 35.7. The summed E-state index contributed by atoms with van der Waals surface area (Å²) in [5.41, 5.74) is 5.76. The molecule has 2 aromatic rings. The molecule has 8 bridgehead atoms. The second-order valence-electron chi connectivity index (χ2n) is 15.4. The molecule has 2 aromatic heterocycles. The van der Waals surface area contributed by atoms with Crippen molar-refractivity contribution in [3.8, 4) is 0 Å². The molecular formula is C44H64Li2N4O2. The van der Waals surface area contributed by atoms with Crippen LogP contribution in [0, 0.1) is 5.41 Å². The first-order valence-corrected chi connectivity index (χ1v) is 20.3. The van der Waals surface area contributed by atoms with Crippen molar-refractivity contribution in [2.24, 2.45) is 15.4 Å². The van der Waals surface area contributed by atoms with E-state index >= 15 is 0 Å². The first-order valence-electron chi connectivity index (χ1n) is 20.3. The first-order chi connectivity index (χ1) is 24.3. The van der Waals surface area contributed by atoms with Crippen LogP contribution in [0.2, 0.25) is 0 Å². The Morgan fingerprint density at radius 1 is 0.481 bits per heavy atom. The van der Waals surface area contributed by atoms with Crippen molar-refractivity contribution >= 4 is 11.4 Å². The van der Waals surface area contributed by atoms with Crippen LogP contribution in [0.25, 0.3) is 0 Å². The van der Waals surface area contributed by atoms with Crippen LogP contribution >= 0.6 is 0 Å². The summed E-state index contributed by atoms with van der Waals surface area (Å²) in [7, 11) is 0. The van der Waals surface area contributed by atoms with Crippen LogP contribution in [0.4, 0.5) is 0 Å². The number of allylic oxidation sites excluding steroid dienone is 2. The number of nitrogens with zero attached hydrogens (tertiary/aromatic N) is 4. The topological polar surface area (TPSA) is 71.4 Å². The molecule has 6 nitrogen and oxygen atoms in total. The summed E-state index contributed by atoms with van der Waals surface area (Å²) >= 11 is 0. The van der Waals surface area contributed by atoms with Gasteiger partial charge in [-0.2, -0.15) is 11.4 Å². The average molecular weight is 695 g/mol. The van der Waals surface area contributed by atoms with Gasteiger partial charge in [-0.3, -0.25) is 9.98 Å². The molecule has 2 unspecified atom stereocenters. The molecule has 0 aromatic carbocycles. The number of hydrogen-bond donors (Lipinski definition) is 0. The van der Waals surface area contributed by atoms with Gasteiger partial charge in [-0.25, -0.2) is 0 Å². The van der Waals surface area contributed by atoms with E-state index in [1.807, 2.05) is 0 Å². The van der Waals surface area contributed by atoms with E-state index in [-0.39, 0.29) is 70.5 Å². The summed E-state index contributed by atoms with van der Waals surface area (Å²) < 4.78 is 9.89. The fourth-order valence-corrected chi connectivity index (χ4v) is 10.6. The van der Waals surface area contributed by atoms with Gasteiger partial charge in [0, 0.05) is 54.1 Å². The maximum Gasteiger partial charge on any atom is 1.00 e. The van der Waals surface area contributed by atoms with Crippen LogP contribution in [0.3, 0.4) is 0 Å². The van der Waals surface area contributed by atoms with E-state index in [9.17, 15) is 0 Å². The van der Waals surface area contributed by atoms with Crippen molar-refractivity contribution < 1.29 is 47.2 Å². The predicted octanol–water partition coefficient (Wildman–Crippen LogP) is 3.76. The van der Waals surface area contributed by atoms with Gasteiger partial charge in [0.2, 0.25) is 0 Å². The molecule has 3 fully saturated rings. The smallest absolute Gasteiger partial charge is 0.663 e. The molecule has 2 atom stereocenters. The van der Waals surface area contributed by atoms with E-state index in [4.69, 9.17) is 29.4 Å². The molecule has 2 spiro atoms. The third kappa shape index (κ3) is 6.14. The summed E-state index contributed by atoms with van der Waals surface area (Å²) in [6.07, 6.45) is 22.6. The van der Waals surface area contributed by atoms with Crippen molar-refractivity contribution in [2.75, 3.05) is 26.4 Å². The van der Waals surface area contributed by atoms with Gasteiger partial charge < -0.3 is 19.4 Å². The molecule has 1 saturated carbocycles. The quantitative estimate of drug-likeness (QED) is 0.395. The monoisotopic (exact) mass is 695 g/mol. The van der Waals surface area contributed by atoms with E-state index < -0.39 is 0 Å². The summed E-state index contributed by atoms with van der Waals surface area (Å²) in [5.74, 6) is 0. The zero-order valence-corrected chi connectivity index (χ0v) is 34.5. The predicted molar refractivity (Wildman–Crippen MR) is 207 cm³/mol. The Morgan fingerprint density at radius 2 is 0.788 bits per heavy atom. The molecule has 274 valence electrons. The average Bonchev–Trinajstić information content (AvgIpc) is 3.98. The van der Waals surface area contributed by atoms with Crippen LogP contribution in [0.5, 0.6) is 0 Å². The van der Waals surface area contributed by atoms with E-state index in [1.54, 1.807) is 0 Å². The Balaban J connectivity index is 0.000000436. The van der Waals surface area contributed by atoms with Crippen LogP contribution in [-0.4, -0.2) is 48.9 Å². The maximum absolute atomic E-state index is 5.78. The Morgan fingerprint density at radius 3 is 1.04 bits per heavy atom. The second kappa shape index (κ2) is 17.1. The Kier molecular flexibility index (Phi) is 14.2. The molecule has 8 heteroatoms. The van der Waals surface area contributed by atoms with Gasteiger partial charge in [0.05, 0.1) is 0 Å². The van der Waals surface area contributed by atoms with Crippen molar-refractivity contribution in [3.63, 3.8) is 0 Å². The molecular weight excluding hydrogens is 630 g/mol. The summed E-state index contributed by atoms with van der Waals surface area (Å²) in [6, 6.07) is 9.17. The molecule has 6 aliphatic rings. The standard InChI is InChI=1S/C36H48N4.2C4H8O.2Li/c1-9-31(10-2)25-17-19-27(37-25)32(11-3,12-4)29-21-23-35(39-29)34(15-7,16-8)36(35)24-22-30(40-36)33(13-5,14-6)28-20-18-26(31)38-28;2*1-2-4-5-3-1;;/h17-24H,9-16H2,1-8H3;2*1-4H2;;/q-2;;;2*+1. The SMILES string of the molecule is C1CCOC1.C1CCOC1.CCC1(CC)C2=NC3(C=C2)C(CC)(CC)C32C=CC(=N2)C(CC)(CC)c2ccc([n-]2)C(CC)(CC)c2ccc1[n-]2.[Li+].[Li+]. The molecule has 1 aliphatic carbocycles.